The molecule has 0 bridgehead atoms. The molecule has 1 N–H and O–H groups in total. The van der Waals surface area contributed by atoms with Crippen LogP contribution in [0.2, 0.25) is 0 Å². The molecule has 8 nitrogen and oxygen atoms in total. The number of benzene rings is 4. The molecule has 5 rings (SSSR count). The van der Waals surface area contributed by atoms with Gasteiger partial charge in [0, 0.05) is 24.6 Å². The standard InChI is InChI=1S/C37H40FN3O5S/c1-27-21-22-35(46-2)33(23-27)41(47(44,45)31-18-7-4-8-19-31)26-36(42)40(25-29-15-9-12-20-32(29)38)34(24-28-13-5-3-6-14-28)37(43)39-30-16-10-11-17-30/h3-9,12-15,18-23,30,34H,10-11,16-17,24-26H2,1-2H3,(H,39,43). The molecule has 1 atom stereocenters. The summed E-state index contributed by atoms with van der Waals surface area (Å²) >= 11 is 0. The van der Waals surface area contributed by atoms with Crippen LogP contribution >= 0.6 is 0 Å². The van der Waals surface area contributed by atoms with Crippen LogP contribution in [0.5, 0.6) is 5.75 Å². The van der Waals surface area contributed by atoms with Crippen molar-refractivity contribution in [1.82, 2.24) is 10.2 Å². The maximum atomic E-state index is 15.2. The molecule has 1 saturated carbocycles. The molecule has 47 heavy (non-hydrogen) atoms. The first-order chi connectivity index (χ1) is 22.7. The van der Waals surface area contributed by atoms with Crippen molar-refractivity contribution in [1.29, 1.82) is 0 Å². The van der Waals surface area contributed by atoms with Crippen LogP contribution in [0.25, 0.3) is 0 Å². The molecule has 246 valence electrons. The Morgan fingerprint density at radius 1 is 0.915 bits per heavy atom. The summed E-state index contributed by atoms with van der Waals surface area (Å²) in [4.78, 5) is 30.0. The Morgan fingerprint density at radius 2 is 1.55 bits per heavy atom. The lowest BCUT2D eigenvalue weighted by molar-refractivity contribution is -0.140. The lowest BCUT2D eigenvalue weighted by Gasteiger charge is -2.34. The number of rotatable bonds is 13. The average molecular weight is 658 g/mol. The Kier molecular flexibility index (Phi) is 10.9. The van der Waals surface area contributed by atoms with E-state index in [-0.39, 0.29) is 46.8 Å². The van der Waals surface area contributed by atoms with Crippen molar-refractivity contribution in [3.8, 4) is 5.75 Å². The van der Waals surface area contributed by atoms with Gasteiger partial charge in [-0.25, -0.2) is 12.8 Å². The topological polar surface area (TPSA) is 96.0 Å². The highest BCUT2D eigenvalue weighted by atomic mass is 32.2. The van der Waals surface area contributed by atoms with Crippen LogP contribution in [0.1, 0.15) is 42.4 Å². The molecule has 1 unspecified atom stereocenters. The molecule has 0 heterocycles. The third kappa shape index (κ3) is 8.18. The van der Waals surface area contributed by atoms with Gasteiger partial charge < -0.3 is 15.0 Å². The van der Waals surface area contributed by atoms with Crippen molar-refractivity contribution in [3.05, 3.63) is 126 Å². The molecule has 1 aliphatic rings. The number of anilines is 1. The first kappa shape index (κ1) is 33.7. The normalized spacial score (nSPS) is 13.9. The molecular formula is C37H40FN3O5S. The van der Waals surface area contributed by atoms with Crippen LogP contribution in [0.4, 0.5) is 10.1 Å². The summed E-state index contributed by atoms with van der Waals surface area (Å²) < 4.78 is 50.3. The van der Waals surface area contributed by atoms with Gasteiger partial charge in [-0.2, -0.15) is 0 Å². The number of nitrogens with zero attached hydrogens (tertiary/aromatic N) is 2. The minimum absolute atomic E-state index is 0.0168. The molecule has 2 amide bonds. The van der Waals surface area contributed by atoms with Crippen LogP contribution in [0.15, 0.2) is 108 Å². The zero-order chi connectivity index (χ0) is 33.4. The Balaban J connectivity index is 1.61. The van der Waals surface area contributed by atoms with Crippen LogP contribution in [0.3, 0.4) is 0 Å². The lowest BCUT2D eigenvalue weighted by Crippen LogP contribution is -2.54. The van der Waals surface area contributed by atoms with Gasteiger partial charge in [-0.3, -0.25) is 13.9 Å². The molecule has 1 aliphatic carbocycles. The van der Waals surface area contributed by atoms with E-state index >= 15 is 4.39 Å². The second kappa shape index (κ2) is 15.3. The van der Waals surface area contributed by atoms with E-state index in [1.54, 1.807) is 54.6 Å². The number of hydrogen-bond acceptors (Lipinski definition) is 5. The smallest absolute Gasteiger partial charge is 0.264 e. The number of amides is 2. The number of sulfonamides is 1. The molecule has 10 heteroatoms. The Hall–Kier alpha value is -4.70. The summed E-state index contributed by atoms with van der Waals surface area (Å²) in [5.41, 5.74) is 1.94. The maximum absolute atomic E-state index is 15.2. The molecule has 0 aliphatic heterocycles. The first-order valence-corrected chi connectivity index (χ1v) is 17.2. The SMILES string of the molecule is COc1ccc(C)cc1N(CC(=O)N(Cc1ccccc1F)C(Cc1ccccc1)C(=O)NC1CCCC1)S(=O)(=O)c1ccccc1. The van der Waals surface area contributed by atoms with E-state index in [0.717, 1.165) is 41.1 Å². The second-order valence-electron chi connectivity index (χ2n) is 11.8. The molecule has 4 aromatic carbocycles. The predicted octanol–water partition coefficient (Wildman–Crippen LogP) is 6.04. The van der Waals surface area contributed by atoms with Gasteiger partial charge in [0.1, 0.15) is 24.2 Å². The monoisotopic (exact) mass is 657 g/mol. The third-order valence-electron chi connectivity index (χ3n) is 8.48. The molecule has 0 spiro atoms. The number of nitrogens with one attached hydrogen (secondary N) is 1. The predicted molar refractivity (Wildman–Crippen MR) is 180 cm³/mol. The molecular weight excluding hydrogens is 617 g/mol. The van der Waals surface area contributed by atoms with Crippen LogP contribution in [0, 0.1) is 12.7 Å². The summed E-state index contributed by atoms with van der Waals surface area (Å²) in [6.07, 6.45) is 3.81. The maximum Gasteiger partial charge on any atom is 0.264 e. The second-order valence-corrected chi connectivity index (χ2v) is 13.7. The number of methoxy groups -OCH3 is 1. The van der Waals surface area contributed by atoms with E-state index in [1.165, 1.54) is 30.2 Å². The highest BCUT2D eigenvalue weighted by Gasteiger charge is 2.36. The zero-order valence-corrected chi connectivity index (χ0v) is 27.5. The van der Waals surface area contributed by atoms with E-state index in [9.17, 15) is 18.0 Å². The highest BCUT2D eigenvalue weighted by molar-refractivity contribution is 7.92. The van der Waals surface area contributed by atoms with Crippen molar-refractivity contribution < 1.29 is 27.1 Å². The summed E-state index contributed by atoms with van der Waals surface area (Å²) in [5, 5.41) is 3.12. The number of ether oxygens (including phenoxy) is 1. The molecule has 1 fully saturated rings. The third-order valence-corrected chi connectivity index (χ3v) is 10.3. The molecule has 0 saturated heterocycles. The van der Waals surface area contributed by atoms with E-state index < -0.39 is 34.3 Å². The summed E-state index contributed by atoms with van der Waals surface area (Å²) in [7, 11) is -2.88. The lowest BCUT2D eigenvalue weighted by atomic mass is 10.0. The first-order valence-electron chi connectivity index (χ1n) is 15.8. The quantitative estimate of drug-likeness (QED) is 0.189. The minimum Gasteiger partial charge on any atom is -0.495 e. The molecule has 4 aromatic rings. The molecule has 0 aromatic heterocycles. The van der Waals surface area contributed by atoms with E-state index in [4.69, 9.17) is 4.74 Å². The van der Waals surface area contributed by atoms with Crippen LogP contribution in [-0.4, -0.2) is 50.9 Å². The van der Waals surface area contributed by atoms with Crippen molar-refractivity contribution in [2.45, 2.75) is 62.6 Å². The number of carbonyl (C=O) groups is 2. The van der Waals surface area contributed by atoms with Crippen molar-refractivity contribution in [3.63, 3.8) is 0 Å². The van der Waals surface area contributed by atoms with Gasteiger partial charge >= 0.3 is 0 Å². The van der Waals surface area contributed by atoms with Crippen molar-refractivity contribution >= 4 is 27.5 Å². The Morgan fingerprint density at radius 3 is 2.21 bits per heavy atom. The van der Waals surface area contributed by atoms with Gasteiger partial charge in [0.25, 0.3) is 10.0 Å². The summed E-state index contributed by atoms with van der Waals surface area (Å²) in [6, 6.07) is 27.2. The fraction of sp³-hybridized carbons (Fsp3) is 0.297. The number of hydrogen-bond donors (Lipinski definition) is 1. The van der Waals surface area contributed by atoms with Gasteiger partial charge in [0.2, 0.25) is 11.8 Å². The Bertz CT molecular complexity index is 1780. The largest absolute Gasteiger partial charge is 0.495 e. The molecule has 0 radical (unpaired) electrons. The number of carbonyl (C=O) groups excluding carboxylic acids is 2. The van der Waals surface area contributed by atoms with Crippen LogP contribution in [-0.2, 0) is 32.6 Å². The van der Waals surface area contributed by atoms with E-state index in [1.807, 2.05) is 37.3 Å². The van der Waals surface area contributed by atoms with Gasteiger partial charge in [-0.05, 0) is 61.2 Å². The van der Waals surface area contributed by atoms with E-state index in [0.29, 0.717) is 0 Å². The van der Waals surface area contributed by atoms with E-state index in [2.05, 4.69) is 5.32 Å². The Labute approximate surface area is 276 Å². The van der Waals surface area contributed by atoms with Gasteiger partial charge in [-0.15, -0.1) is 0 Å². The number of halogens is 1. The van der Waals surface area contributed by atoms with Gasteiger partial charge in [-0.1, -0.05) is 85.6 Å². The van der Waals surface area contributed by atoms with Crippen molar-refractivity contribution in [2.24, 2.45) is 0 Å². The summed E-state index contributed by atoms with van der Waals surface area (Å²) in [5.74, 6) is -1.31. The minimum atomic E-state index is -4.31. The fourth-order valence-electron chi connectivity index (χ4n) is 5.96. The van der Waals surface area contributed by atoms with Gasteiger partial charge in [0.15, 0.2) is 0 Å². The van der Waals surface area contributed by atoms with Crippen LogP contribution < -0.4 is 14.4 Å². The zero-order valence-electron chi connectivity index (χ0n) is 26.6. The summed E-state index contributed by atoms with van der Waals surface area (Å²) in [6.45, 7) is 0.907. The van der Waals surface area contributed by atoms with Crippen molar-refractivity contribution in [2.75, 3.05) is 18.0 Å². The number of aryl methyl sites for hydroxylation is 1. The fourth-order valence-corrected chi connectivity index (χ4v) is 7.40. The highest BCUT2D eigenvalue weighted by Crippen LogP contribution is 2.34. The van der Waals surface area contributed by atoms with Gasteiger partial charge in [0.05, 0.1) is 17.7 Å². The average Bonchev–Trinajstić information content (AvgIpc) is 3.59.